The van der Waals surface area contributed by atoms with Gasteiger partial charge in [-0.3, -0.25) is 0 Å². The van der Waals surface area contributed by atoms with E-state index in [1.807, 2.05) is 6.92 Å². The van der Waals surface area contributed by atoms with Gasteiger partial charge >= 0.3 is 5.97 Å². The Kier molecular flexibility index (Phi) is 5.51. The summed E-state index contributed by atoms with van der Waals surface area (Å²) in [5.41, 5.74) is 0. The molecule has 0 fully saturated rings. The Balaban J connectivity index is 2.74. The number of primary sulfonamides is 1. The van der Waals surface area contributed by atoms with E-state index in [4.69, 9.17) is 9.88 Å². The van der Waals surface area contributed by atoms with Crippen LogP contribution in [0, 0.1) is 12.8 Å². The van der Waals surface area contributed by atoms with E-state index in [2.05, 4.69) is 6.92 Å². The molecule has 1 aromatic rings. The van der Waals surface area contributed by atoms with Gasteiger partial charge in [0.25, 0.3) is 0 Å². The first kappa shape index (κ1) is 16.1. The molecule has 1 atom stereocenters. The van der Waals surface area contributed by atoms with Crippen molar-refractivity contribution in [2.24, 2.45) is 11.1 Å². The highest BCUT2D eigenvalue weighted by molar-refractivity contribution is 7.89. The molecule has 0 aliphatic carbocycles. The van der Waals surface area contributed by atoms with Crippen molar-refractivity contribution in [3.05, 3.63) is 15.8 Å². The molecule has 0 amide bonds. The van der Waals surface area contributed by atoms with Gasteiger partial charge in [-0.2, -0.15) is 0 Å². The lowest BCUT2D eigenvalue weighted by atomic mass is 10.1. The molecule has 108 valence electrons. The summed E-state index contributed by atoms with van der Waals surface area (Å²) in [6, 6.07) is 1.28. The fraction of sp³-hybridized carbons (Fsp3) is 0.583. The molecule has 0 radical (unpaired) electrons. The van der Waals surface area contributed by atoms with E-state index in [-0.39, 0.29) is 9.77 Å². The normalized spacial score (nSPS) is 13.3. The fourth-order valence-electron chi connectivity index (χ4n) is 1.71. The summed E-state index contributed by atoms with van der Waals surface area (Å²) in [4.78, 5) is 12.6. The largest absolute Gasteiger partial charge is 0.461 e. The summed E-state index contributed by atoms with van der Waals surface area (Å²) in [7, 11) is -3.78. The average molecular weight is 305 g/mol. The summed E-state index contributed by atoms with van der Waals surface area (Å²) in [6.07, 6.45) is 2.02. The van der Waals surface area contributed by atoms with Crippen LogP contribution in [0.15, 0.2) is 11.0 Å². The van der Waals surface area contributed by atoms with Crippen molar-refractivity contribution in [2.45, 2.75) is 38.5 Å². The van der Waals surface area contributed by atoms with Gasteiger partial charge in [0.2, 0.25) is 10.0 Å². The van der Waals surface area contributed by atoms with E-state index in [1.165, 1.54) is 6.07 Å². The Morgan fingerprint density at radius 2 is 2.16 bits per heavy atom. The minimum absolute atomic E-state index is 0.00828. The van der Waals surface area contributed by atoms with Gasteiger partial charge in [-0.1, -0.05) is 20.3 Å². The lowest BCUT2D eigenvalue weighted by Crippen LogP contribution is -2.13. The second-order valence-electron chi connectivity index (χ2n) is 4.57. The predicted molar refractivity (Wildman–Crippen MR) is 74.8 cm³/mol. The monoisotopic (exact) mass is 305 g/mol. The molecule has 0 saturated carbocycles. The lowest BCUT2D eigenvalue weighted by molar-refractivity contribution is 0.0449. The van der Waals surface area contributed by atoms with Crippen LogP contribution in [0.4, 0.5) is 0 Å². The molecule has 1 unspecified atom stereocenters. The lowest BCUT2D eigenvalue weighted by Gasteiger charge is -2.09. The summed E-state index contributed by atoms with van der Waals surface area (Å²) in [5, 5.41) is 5.06. The van der Waals surface area contributed by atoms with Crippen molar-refractivity contribution in [1.29, 1.82) is 0 Å². The Morgan fingerprint density at radius 3 is 2.63 bits per heavy atom. The summed E-state index contributed by atoms with van der Waals surface area (Å²) in [6.45, 7) is 6.03. The number of thiophene rings is 1. The number of rotatable bonds is 6. The first-order valence-electron chi connectivity index (χ1n) is 6.06. The quantitative estimate of drug-likeness (QED) is 0.817. The number of hydrogen-bond acceptors (Lipinski definition) is 5. The molecule has 0 bridgehead atoms. The van der Waals surface area contributed by atoms with Crippen molar-refractivity contribution >= 4 is 27.3 Å². The van der Waals surface area contributed by atoms with Crippen molar-refractivity contribution in [3.8, 4) is 0 Å². The number of nitrogens with two attached hydrogens (primary N) is 1. The predicted octanol–water partition coefficient (Wildman–Crippen LogP) is 2.30. The smallest absolute Gasteiger partial charge is 0.348 e. The maximum atomic E-state index is 11.8. The minimum atomic E-state index is -3.78. The highest BCUT2D eigenvalue weighted by atomic mass is 32.2. The standard InChI is InChI=1S/C12H19NO4S2/c1-4-5-8(2)7-17-12(14)10-6-11(9(3)18-10)19(13,15)16/h6,8H,4-5,7H2,1-3H3,(H2,13,15,16). The first-order valence-corrected chi connectivity index (χ1v) is 8.42. The van der Waals surface area contributed by atoms with Crippen molar-refractivity contribution in [1.82, 2.24) is 0 Å². The second kappa shape index (κ2) is 6.49. The van der Waals surface area contributed by atoms with Crippen LogP contribution in [0.2, 0.25) is 0 Å². The molecule has 7 heteroatoms. The van der Waals surface area contributed by atoms with Crippen LogP contribution >= 0.6 is 11.3 Å². The van der Waals surface area contributed by atoms with Gasteiger partial charge < -0.3 is 4.74 Å². The number of aryl methyl sites for hydroxylation is 1. The molecule has 0 aliphatic heterocycles. The van der Waals surface area contributed by atoms with Gasteiger partial charge in [0.1, 0.15) is 4.88 Å². The fourth-order valence-corrected chi connectivity index (χ4v) is 3.75. The number of carbonyl (C=O) groups excluding carboxylic acids is 1. The third-order valence-corrected chi connectivity index (χ3v) is 4.86. The zero-order valence-electron chi connectivity index (χ0n) is 11.3. The maximum absolute atomic E-state index is 11.8. The number of ether oxygens (including phenoxy) is 1. The Labute approximate surface area is 117 Å². The van der Waals surface area contributed by atoms with Crippen LogP contribution in [-0.2, 0) is 14.8 Å². The molecule has 0 aliphatic rings. The van der Waals surface area contributed by atoms with Gasteiger partial charge in [0.05, 0.1) is 11.5 Å². The zero-order chi connectivity index (χ0) is 14.6. The topological polar surface area (TPSA) is 86.5 Å². The van der Waals surface area contributed by atoms with Gasteiger partial charge in [0, 0.05) is 4.88 Å². The van der Waals surface area contributed by atoms with Crippen LogP contribution in [0.3, 0.4) is 0 Å². The highest BCUT2D eigenvalue weighted by Crippen LogP contribution is 2.25. The van der Waals surface area contributed by atoms with Crippen LogP contribution in [-0.4, -0.2) is 21.0 Å². The Bertz CT molecular complexity index is 548. The molecule has 1 heterocycles. The number of sulfonamides is 1. The third kappa shape index (κ3) is 4.59. The summed E-state index contributed by atoms with van der Waals surface area (Å²) < 4.78 is 27.7. The van der Waals surface area contributed by atoms with E-state index >= 15 is 0 Å². The molecule has 1 rings (SSSR count). The van der Waals surface area contributed by atoms with Crippen molar-refractivity contribution < 1.29 is 17.9 Å². The van der Waals surface area contributed by atoms with Crippen LogP contribution in [0.5, 0.6) is 0 Å². The van der Waals surface area contributed by atoms with Crippen molar-refractivity contribution in [3.63, 3.8) is 0 Å². The number of carbonyl (C=O) groups is 1. The molecule has 1 aromatic heterocycles. The van der Waals surface area contributed by atoms with Gasteiger partial charge in [-0.25, -0.2) is 18.4 Å². The molecule has 0 saturated heterocycles. The van der Waals surface area contributed by atoms with E-state index in [9.17, 15) is 13.2 Å². The minimum Gasteiger partial charge on any atom is -0.461 e. The molecule has 0 aromatic carbocycles. The molecule has 2 N–H and O–H groups in total. The summed E-state index contributed by atoms with van der Waals surface area (Å²) in [5.74, 6) is -0.196. The number of esters is 1. The van der Waals surface area contributed by atoms with Crippen LogP contribution in [0.1, 0.15) is 41.2 Å². The van der Waals surface area contributed by atoms with Gasteiger partial charge in [-0.15, -0.1) is 11.3 Å². The van der Waals surface area contributed by atoms with Crippen molar-refractivity contribution in [2.75, 3.05) is 6.61 Å². The molecular weight excluding hydrogens is 286 g/mol. The molecule has 19 heavy (non-hydrogen) atoms. The van der Waals surface area contributed by atoms with E-state index < -0.39 is 16.0 Å². The van der Waals surface area contributed by atoms with Gasteiger partial charge in [-0.05, 0) is 25.3 Å². The average Bonchev–Trinajstić information content (AvgIpc) is 2.68. The number of hydrogen-bond donors (Lipinski definition) is 1. The highest BCUT2D eigenvalue weighted by Gasteiger charge is 2.20. The third-order valence-electron chi connectivity index (χ3n) is 2.66. The first-order chi connectivity index (χ1) is 8.75. The molecular formula is C12H19NO4S2. The van der Waals surface area contributed by atoms with E-state index in [1.54, 1.807) is 6.92 Å². The Morgan fingerprint density at radius 1 is 1.53 bits per heavy atom. The Hall–Kier alpha value is -0.920. The SMILES string of the molecule is CCCC(C)COC(=O)c1cc(S(N)(=O)=O)c(C)s1. The zero-order valence-corrected chi connectivity index (χ0v) is 12.9. The maximum Gasteiger partial charge on any atom is 0.348 e. The second-order valence-corrected chi connectivity index (χ2v) is 7.35. The summed E-state index contributed by atoms with van der Waals surface area (Å²) >= 11 is 1.08. The van der Waals surface area contributed by atoms with E-state index in [0.29, 0.717) is 17.4 Å². The van der Waals surface area contributed by atoms with Gasteiger partial charge in [0.15, 0.2) is 0 Å². The van der Waals surface area contributed by atoms with E-state index in [0.717, 1.165) is 24.2 Å². The van der Waals surface area contributed by atoms with Crippen LogP contribution < -0.4 is 5.14 Å². The molecule has 5 nitrogen and oxygen atoms in total. The van der Waals surface area contributed by atoms with Crippen LogP contribution in [0.25, 0.3) is 0 Å². The molecule has 0 spiro atoms.